The summed E-state index contributed by atoms with van der Waals surface area (Å²) in [7, 11) is 1.72. The third-order valence-electron chi connectivity index (χ3n) is 4.37. The first-order valence-corrected chi connectivity index (χ1v) is 7.40. The van der Waals surface area contributed by atoms with E-state index in [1.807, 2.05) is 25.1 Å². The summed E-state index contributed by atoms with van der Waals surface area (Å²) in [6.07, 6.45) is 3.91. The molecule has 5 heteroatoms. The van der Waals surface area contributed by atoms with Gasteiger partial charge in [-0.2, -0.15) is 0 Å². The number of hydrogen-bond donors (Lipinski definition) is 1. The highest BCUT2D eigenvalue weighted by atomic mass is 16.4. The molecule has 1 heterocycles. The molecule has 1 N–H and O–H groups in total. The van der Waals surface area contributed by atoms with E-state index in [0.29, 0.717) is 25.3 Å². The largest absolute Gasteiger partial charge is 0.481 e. The van der Waals surface area contributed by atoms with Crippen LogP contribution in [0, 0.1) is 17.8 Å². The minimum Gasteiger partial charge on any atom is -0.481 e. The SMILES string of the molecule is CCC1C[C@H](C(=O)N(C)Cc2ccccn2)[C@H](C(=O)O)C1. The lowest BCUT2D eigenvalue weighted by molar-refractivity contribution is -0.148. The Bertz CT molecular complexity index is 504. The number of amides is 1. The molecule has 1 aliphatic rings. The number of rotatable bonds is 5. The number of pyridine rings is 1. The molecule has 21 heavy (non-hydrogen) atoms. The zero-order chi connectivity index (χ0) is 15.4. The van der Waals surface area contributed by atoms with E-state index in [-0.39, 0.29) is 5.91 Å². The van der Waals surface area contributed by atoms with Gasteiger partial charge in [0.25, 0.3) is 0 Å². The van der Waals surface area contributed by atoms with Crippen molar-refractivity contribution in [3.8, 4) is 0 Å². The molecule has 1 fully saturated rings. The van der Waals surface area contributed by atoms with Crippen LogP contribution in [-0.4, -0.2) is 33.9 Å². The van der Waals surface area contributed by atoms with Gasteiger partial charge in [0.1, 0.15) is 0 Å². The molecule has 114 valence electrons. The number of aliphatic carboxylic acids is 1. The molecule has 0 saturated heterocycles. The molecule has 0 aromatic carbocycles. The normalized spacial score (nSPS) is 24.8. The molecule has 5 nitrogen and oxygen atoms in total. The molecular weight excluding hydrogens is 268 g/mol. The predicted molar refractivity (Wildman–Crippen MR) is 78.3 cm³/mol. The number of hydrogen-bond acceptors (Lipinski definition) is 3. The van der Waals surface area contributed by atoms with Gasteiger partial charge < -0.3 is 10.0 Å². The van der Waals surface area contributed by atoms with Crippen LogP contribution in [0.3, 0.4) is 0 Å². The molecule has 0 bridgehead atoms. The Hall–Kier alpha value is -1.91. The van der Waals surface area contributed by atoms with Crippen molar-refractivity contribution >= 4 is 11.9 Å². The Morgan fingerprint density at radius 3 is 2.62 bits per heavy atom. The van der Waals surface area contributed by atoms with Gasteiger partial charge in [0.2, 0.25) is 5.91 Å². The van der Waals surface area contributed by atoms with E-state index in [0.717, 1.165) is 12.1 Å². The monoisotopic (exact) mass is 290 g/mol. The van der Waals surface area contributed by atoms with Crippen LogP contribution >= 0.6 is 0 Å². The van der Waals surface area contributed by atoms with Crippen molar-refractivity contribution in [3.05, 3.63) is 30.1 Å². The van der Waals surface area contributed by atoms with Crippen molar-refractivity contribution in [2.24, 2.45) is 17.8 Å². The molecule has 1 saturated carbocycles. The van der Waals surface area contributed by atoms with Gasteiger partial charge in [0.05, 0.1) is 24.1 Å². The van der Waals surface area contributed by atoms with Crippen LogP contribution in [0.2, 0.25) is 0 Å². The van der Waals surface area contributed by atoms with E-state index in [4.69, 9.17) is 0 Å². The van der Waals surface area contributed by atoms with Gasteiger partial charge in [-0.3, -0.25) is 14.6 Å². The van der Waals surface area contributed by atoms with Gasteiger partial charge >= 0.3 is 5.97 Å². The number of carbonyl (C=O) groups excluding carboxylic acids is 1. The topological polar surface area (TPSA) is 70.5 Å². The Kier molecular flexibility index (Phi) is 4.94. The summed E-state index contributed by atoms with van der Waals surface area (Å²) < 4.78 is 0. The summed E-state index contributed by atoms with van der Waals surface area (Å²) >= 11 is 0. The fourth-order valence-electron chi connectivity index (χ4n) is 3.12. The highest BCUT2D eigenvalue weighted by Crippen LogP contribution is 2.39. The van der Waals surface area contributed by atoms with Gasteiger partial charge in [-0.15, -0.1) is 0 Å². The van der Waals surface area contributed by atoms with E-state index in [2.05, 4.69) is 4.98 Å². The van der Waals surface area contributed by atoms with Crippen LogP contribution in [0.1, 0.15) is 31.9 Å². The molecule has 0 radical (unpaired) electrons. The fraction of sp³-hybridized carbons (Fsp3) is 0.562. The maximum absolute atomic E-state index is 12.6. The van der Waals surface area contributed by atoms with Crippen LogP contribution < -0.4 is 0 Å². The van der Waals surface area contributed by atoms with Gasteiger partial charge in [-0.05, 0) is 30.9 Å². The van der Waals surface area contributed by atoms with Crippen LogP contribution in [0.15, 0.2) is 24.4 Å². The lowest BCUT2D eigenvalue weighted by atomic mass is 9.95. The Labute approximate surface area is 125 Å². The first-order valence-electron chi connectivity index (χ1n) is 7.40. The second-order valence-corrected chi connectivity index (χ2v) is 5.81. The highest BCUT2D eigenvalue weighted by Gasteiger charge is 2.43. The van der Waals surface area contributed by atoms with E-state index < -0.39 is 17.8 Å². The number of carbonyl (C=O) groups is 2. The standard InChI is InChI=1S/C16H22N2O3/c1-3-11-8-13(14(9-11)16(20)21)15(19)18(2)10-12-6-4-5-7-17-12/h4-7,11,13-14H,3,8-10H2,1-2H3,(H,20,21)/t11?,13-,14+/m0/s1. The summed E-state index contributed by atoms with van der Waals surface area (Å²) in [6, 6.07) is 5.57. The molecule has 1 aromatic heterocycles. The lowest BCUT2D eigenvalue weighted by Gasteiger charge is -2.23. The molecule has 2 rings (SSSR count). The molecule has 1 aromatic rings. The molecule has 0 spiro atoms. The molecule has 3 atom stereocenters. The maximum Gasteiger partial charge on any atom is 0.307 e. The molecular formula is C16H22N2O3. The smallest absolute Gasteiger partial charge is 0.307 e. The highest BCUT2D eigenvalue weighted by molar-refractivity contribution is 5.85. The van der Waals surface area contributed by atoms with Crippen molar-refractivity contribution in [1.29, 1.82) is 0 Å². The van der Waals surface area contributed by atoms with Crippen molar-refractivity contribution in [2.75, 3.05) is 7.05 Å². The molecule has 1 unspecified atom stereocenters. The predicted octanol–water partition coefficient (Wildman–Crippen LogP) is 2.18. The van der Waals surface area contributed by atoms with E-state index in [9.17, 15) is 14.7 Å². The summed E-state index contributed by atoms with van der Waals surface area (Å²) in [5.41, 5.74) is 0.810. The summed E-state index contributed by atoms with van der Waals surface area (Å²) in [5.74, 6) is -1.54. The Morgan fingerprint density at radius 1 is 1.33 bits per heavy atom. The van der Waals surface area contributed by atoms with E-state index in [1.54, 1.807) is 18.1 Å². The summed E-state index contributed by atoms with van der Waals surface area (Å²) in [5, 5.41) is 9.33. The van der Waals surface area contributed by atoms with E-state index >= 15 is 0 Å². The summed E-state index contributed by atoms with van der Waals surface area (Å²) in [4.78, 5) is 29.7. The minimum atomic E-state index is -0.851. The van der Waals surface area contributed by atoms with Gasteiger partial charge in [0.15, 0.2) is 0 Å². The molecule has 1 aliphatic carbocycles. The lowest BCUT2D eigenvalue weighted by Crippen LogP contribution is -2.36. The zero-order valence-electron chi connectivity index (χ0n) is 12.5. The van der Waals surface area contributed by atoms with Crippen molar-refractivity contribution in [3.63, 3.8) is 0 Å². The van der Waals surface area contributed by atoms with Gasteiger partial charge in [-0.1, -0.05) is 19.4 Å². The zero-order valence-corrected chi connectivity index (χ0v) is 12.5. The van der Waals surface area contributed by atoms with Crippen LogP contribution in [0.25, 0.3) is 0 Å². The van der Waals surface area contributed by atoms with Crippen molar-refractivity contribution in [1.82, 2.24) is 9.88 Å². The third kappa shape index (κ3) is 3.60. The number of aromatic nitrogens is 1. The average Bonchev–Trinajstić information content (AvgIpc) is 2.92. The molecule has 0 aliphatic heterocycles. The maximum atomic E-state index is 12.6. The van der Waals surface area contributed by atoms with Crippen LogP contribution in [0.5, 0.6) is 0 Å². The van der Waals surface area contributed by atoms with Crippen molar-refractivity contribution < 1.29 is 14.7 Å². The van der Waals surface area contributed by atoms with Crippen LogP contribution in [0.4, 0.5) is 0 Å². The fourth-order valence-corrected chi connectivity index (χ4v) is 3.12. The molecule has 1 amide bonds. The first kappa shape index (κ1) is 15.5. The number of carboxylic acids is 1. The number of carboxylic acid groups (broad SMARTS) is 1. The van der Waals surface area contributed by atoms with E-state index in [1.165, 1.54) is 0 Å². The first-order chi connectivity index (χ1) is 10.0. The van der Waals surface area contributed by atoms with Gasteiger partial charge in [0, 0.05) is 13.2 Å². The quantitative estimate of drug-likeness (QED) is 0.902. The second-order valence-electron chi connectivity index (χ2n) is 5.81. The minimum absolute atomic E-state index is 0.0796. The van der Waals surface area contributed by atoms with Crippen molar-refractivity contribution in [2.45, 2.75) is 32.7 Å². The van der Waals surface area contributed by atoms with Gasteiger partial charge in [-0.25, -0.2) is 0 Å². The Morgan fingerprint density at radius 2 is 2.05 bits per heavy atom. The summed E-state index contributed by atoms with van der Waals surface area (Å²) in [6.45, 7) is 2.47. The van der Waals surface area contributed by atoms with Crippen LogP contribution in [-0.2, 0) is 16.1 Å². The third-order valence-corrected chi connectivity index (χ3v) is 4.37. The second kappa shape index (κ2) is 6.70. The Balaban J connectivity index is 2.05. The number of nitrogens with zero attached hydrogens (tertiary/aromatic N) is 2. The average molecular weight is 290 g/mol.